The maximum absolute atomic E-state index is 14.4. The van der Waals surface area contributed by atoms with Crippen molar-refractivity contribution in [2.45, 2.75) is 90.8 Å². The van der Waals surface area contributed by atoms with Crippen LogP contribution in [-0.4, -0.2) is 60.6 Å². The van der Waals surface area contributed by atoms with Crippen LogP contribution in [0.4, 0.5) is 4.79 Å². The number of nitrogens with zero attached hydrogens (tertiary/aromatic N) is 1. The van der Waals surface area contributed by atoms with Crippen LogP contribution in [0.15, 0.2) is 54.6 Å². The van der Waals surface area contributed by atoms with Crippen molar-refractivity contribution < 1.29 is 28.7 Å². The summed E-state index contributed by atoms with van der Waals surface area (Å²) in [6.45, 7) is 9.28. The molecule has 9 nitrogen and oxygen atoms in total. The van der Waals surface area contributed by atoms with Crippen LogP contribution < -0.4 is 10.6 Å². The van der Waals surface area contributed by atoms with E-state index in [0.29, 0.717) is 12.0 Å². The summed E-state index contributed by atoms with van der Waals surface area (Å²) in [4.78, 5) is 54.4. The second kappa shape index (κ2) is 17.2. The molecule has 0 aliphatic heterocycles. The fourth-order valence-electron chi connectivity index (χ4n) is 4.50. The van der Waals surface area contributed by atoms with Crippen molar-refractivity contribution in [2.75, 3.05) is 20.2 Å². The van der Waals surface area contributed by atoms with Crippen molar-refractivity contribution >= 4 is 23.9 Å². The van der Waals surface area contributed by atoms with Crippen LogP contribution >= 0.6 is 0 Å². The van der Waals surface area contributed by atoms with Gasteiger partial charge in [-0.25, -0.2) is 4.79 Å². The highest BCUT2D eigenvalue weighted by molar-refractivity contribution is 5.93. The van der Waals surface area contributed by atoms with Gasteiger partial charge in [0.15, 0.2) is 0 Å². The normalized spacial score (nSPS) is 12.5. The predicted octanol–water partition coefficient (Wildman–Crippen LogP) is 5.26. The molecule has 0 saturated heterocycles. The number of carbonyl (C=O) groups is 4. The maximum Gasteiger partial charge on any atom is 0.408 e. The summed E-state index contributed by atoms with van der Waals surface area (Å²) in [5, 5.41) is 5.40. The Bertz CT molecular complexity index is 1140. The highest BCUT2D eigenvalue weighted by atomic mass is 16.6. The monoisotopic (exact) mass is 581 g/mol. The summed E-state index contributed by atoms with van der Waals surface area (Å²) >= 11 is 0. The fraction of sp³-hybridized carbons (Fsp3) is 0.515. The molecule has 0 bridgehead atoms. The van der Waals surface area contributed by atoms with E-state index in [1.165, 1.54) is 12.0 Å². The Kier molecular flexibility index (Phi) is 14.0. The zero-order valence-electron chi connectivity index (χ0n) is 25.9. The van der Waals surface area contributed by atoms with Crippen molar-refractivity contribution in [1.82, 2.24) is 15.5 Å². The minimum Gasteiger partial charge on any atom is -0.468 e. The van der Waals surface area contributed by atoms with Crippen LogP contribution in [0.3, 0.4) is 0 Å². The fourth-order valence-corrected chi connectivity index (χ4v) is 4.50. The molecule has 2 atom stereocenters. The van der Waals surface area contributed by atoms with Gasteiger partial charge in [0.05, 0.1) is 7.11 Å². The Morgan fingerprint density at radius 1 is 0.905 bits per heavy atom. The number of aryl methyl sites for hydroxylation is 1. The highest BCUT2D eigenvalue weighted by Crippen LogP contribution is 2.25. The first-order valence-electron chi connectivity index (χ1n) is 14.7. The maximum atomic E-state index is 14.4. The van der Waals surface area contributed by atoms with Gasteiger partial charge in [0.1, 0.15) is 24.2 Å². The van der Waals surface area contributed by atoms with Crippen molar-refractivity contribution in [3.63, 3.8) is 0 Å². The van der Waals surface area contributed by atoms with Crippen LogP contribution in [0.2, 0.25) is 0 Å². The quantitative estimate of drug-likeness (QED) is 0.219. The number of esters is 1. The van der Waals surface area contributed by atoms with Gasteiger partial charge in [0, 0.05) is 13.0 Å². The first-order valence-corrected chi connectivity index (χ1v) is 14.7. The van der Waals surface area contributed by atoms with Crippen molar-refractivity contribution in [1.29, 1.82) is 0 Å². The van der Waals surface area contributed by atoms with Crippen LogP contribution in [0, 0.1) is 6.92 Å². The number of carbonyl (C=O) groups excluding carboxylic acids is 4. The molecule has 0 spiro atoms. The molecule has 2 N–H and O–H groups in total. The van der Waals surface area contributed by atoms with Crippen LogP contribution in [0.1, 0.15) is 82.5 Å². The van der Waals surface area contributed by atoms with Crippen molar-refractivity contribution in [2.24, 2.45) is 0 Å². The van der Waals surface area contributed by atoms with E-state index in [4.69, 9.17) is 9.47 Å². The molecule has 42 heavy (non-hydrogen) atoms. The van der Waals surface area contributed by atoms with Gasteiger partial charge >= 0.3 is 12.1 Å². The molecule has 2 aromatic rings. The standard InChI is InChI=1S/C33H47N3O6/c1-7-8-9-10-14-21-36(29(26-19-17-24(2)18-20-26)30(38)34-23-28(37)41-6)31(39)27(22-25-15-12-11-13-16-25)35-32(40)42-33(3,4)5/h11-13,15-20,27,29H,7-10,14,21-23H2,1-6H3,(H,34,38)(H,35,40). The molecule has 9 heteroatoms. The summed E-state index contributed by atoms with van der Waals surface area (Å²) in [7, 11) is 1.24. The van der Waals surface area contributed by atoms with Gasteiger partial charge in [0.25, 0.3) is 0 Å². The average Bonchev–Trinajstić information content (AvgIpc) is 2.94. The number of methoxy groups -OCH3 is 1. The van der Waals surface area contributed by atoms with Crippen LogP contribution in [-0.2, 0) is 30.3 Å². The lowest BCUT2D eigenvalue weighted by atomic mass is 9.99. The van der Waals surface area contributed by atoms with Gasteiger partial charge in [-0.15, -0.1) is 0 Å². The topological polar surface area (TPSA) is 114 Å². The largest absolute Gasteiger partial charge is 0.468 e. The van der Waals surface area contributed by atoms with E-state index in [1.54, 1.807) is 20.8 Å². The van der Waals surface area contributed by atoms with Crippen LogP contribution in [0.5, 0.6) is 0 Å². The zero-order valence-corrected chi connectivity index (χ0v) is 25.9. The summed E-state index contributed by atoms with van der Waals surface area (Å²) in [5.41, 5.74) is 1.68. The van der Waals surface area contributed by atoms with E-state index in [2.05, 4.69) is 17.6 Å². The van der Waals surface area contributed by atoms with Gasteiger partial charge in [0.2, 0.25) is 11.8 Å². The number of alkyl carbamates (subject to hydrolysis) is 1. The molecule has 3 amide bonds. The summed E-state index contributed by atoms with van der Waals surface area (Å²) in [6, 6.07) is 14.7. The number of rotatable bonds is 15. The molecule has 2 rings (SSSR count). The number of benzene rings is 2. The number of ether oxygens (including phenoxy) is 2. The Labute approximate surface area is 250 Å². The summed E-state index contributed by atoms with van der Waals surface area (Å²) < 4.78 is 10.2. The van der Waals surface area contributed by atoms with Gasteiger partial charge in [-0.1, -0.05) is 92.8 Å². The highest BCUT2D eigenvalue weighted by Gasteiger charge is 2.36. The molecular weight excluding hydrogens is 534 g/mol. The van der Waals surface area contributed by atoms with E-state index < -0.39 is 41.6 Å². The molecular formula is C33H47N3O6. The third-order valence-electron chi connectivity index (χ3n) is 6.65. The number of unbranched alkanes of at least 4 members (excludes halogenated alkanes) is 4. The Morgan fingerprint density at radius 3 is 2.14 bits per heavy atom. The second-order valence-electron chi connectivity index (χ2n) is 11.4. The Hall–Kier alpha value is -3.88. The molecule has 2 aromatic carbocycles. The minimum absolute atomic E-state index is 0.204. The number of hydrogen-bond acceptors (Lipinski definition) is 6. The van der Waals surface area contributed by atoms with Gasteiger partial charge in [-0.05, 0) is 45.2 Å². The van der Waals surface area contributed by atoms with E-state index in [9.17, 15) is 19.2 Å². The first kappa shape index (κ1) is 34.3. The predicted molar refractivity (Wildman–Crippen MR) is 163 cm³/mol. The molecule has 0 aliphatic carbocycles. The van der Waals surface area contributed by atoms with Gasteiger partial charge in [-0.3, -0.25) is 14.4 Å². The number of amides is 3. The van der Waals surface area contributed by atoms with E-state index in [0.717, 1.165) is 36.8 Å². The molecule has 2 unspecified atom stereocenters. The number of hydrogen-bond donors (Lipinski definition) is 2. The lowest BCUT2D eigenvalue weighted by Crippen LogP contribution is -2.54. The lowest BCUT2D eigenvalue weighted by Gasteiger charge is -2.34. The molecule has 0 saturated carbocycles. The van der Waals surface area contributed by atoms with Gasteiger partial charge in [-0.2, -0.15) is 0 Å². The van der Waals surface area contributed by atoms with E-state index in [1.807, 2.05) is 61.5 Å². The van der Waals surface area contributed by atoms with Crippen molar-refractivity contribution in [3.8, 4) is 0 Å². The second-order valence-corrected chi connectivity index (χ2v) is 11.4. The molecule has 0 aromatic heterocycles. The molecule has 230 valence electrons. The third kappa shape index (κ3) is 11.9. The lowest BCUT2D eigenvalue weighted by molar-refractivity contribution is -0.144. The Balaban J connectivity index is 2.52. The van der Waals surface area contributed by atoms with Gasteiger partial charge < -0.3 is 25.0 Å². The molecule has 0 aliphatic rings. The minimum atomic E-state index is -1.03. The smallest absolute Gasteiger partial charge is 0.408 e. The average molecular weight is 582 g/mol. The van der Waals surface area contributed by atoms with E-state index in [-0.39, 0.29) is 19.5 Å². The number of nitrogens with one attached hydrogen (secondary N) is 2. The molecule has 0 fully saturated rings. The summed E-state index contributed by atoms with van der Waals surface area (Å²) in [6.07, 6.45) is 4.19. The third-order valence-corrected chi connectivity index (χ3v) is 6.65. The SMILES string of the molecule is CCCCCCCN(C(=O)C(Cc1ccccc1)NC(=O)OC(C)(C)C)C(C(=O)NCC(=O)OC)c1ccc(C)cc1. The van der Waals surface area contributed by atoms with Crippen LogP contribution in [0.25, 0.3) is 0 Å². The van der Waals surface area contributed by atoms with E-state index >= 15 is 0 Å². The molecule has 0 heterocycles. The zero-order chi connectivity index (χ0) is 31.1. The first-order chi connectivity index (χ1) is 19.9. The van der Waals surface area contributed by atoms with Crippen molar-refractivity contribution in [3.05, 3.63) is 71.3 Å². The Morgan fingerprint density at radius 2 is 1.55 bits per heavy atom. The summed E-state index contributed by atoms with van der Waals surface area (Å²) in [5.74, 6) is -1.53. The molecule has 0 radical (unpaired) electrons.